The van der Waals surface area contributed by atoms with Crippen molar-refractivity contribution in [3.8, 4) is 0 Å². The van der Waals surface area contributed by atoms with Gasteiger partial charge in [-0.15, -0.1) is 11.3 Å². The van der Waals surface area contributed by atoms with Crippen LogP contribution in [0, 0.1) is 0 Å². The van der Waals surface area contributed by atoms with Crippen molar-refractivity contribution in [1.82, 2.24) is 0 Å². The third-order valence-corrected chi connectivity index (χ3v) is 4.41. The summed E-state index contributed by atoms with van der Waals surface area (Å²) in [5, 5.41) is 2.18. The van der Waals surface area contributed by atoms with Crippen LogP contribution in [0.25, 0.3) is 0 Å². The Labute approximate surface area is 116 Å². The van der Waals surface area contributed by atoms with Crippen LogP contribution < -0.4 is 0 Å². The van der Waals surface area contributed by atoms with Gasteiger partial charge < -0.3 is 0 Å². The molecule has 0 aliphatic carbocycles. The maximum Gasteiger partial charge on any atom is 0.00452 e. The molecule has 0 radical (unpaired) electrons. The van der Waals surface area contributed by atoms with Gasteiger partial charge in [-0.25, -0.2) is 0 Å². The van der Waals surface area contributed by atoms with Gasteiger partial charge in [0.15, 0.2) is 0 Å². The van der Waals surface area contributed by atoms with Gasteiger partial charge in [0, 0.05) is 4.88 Å². The van der Waals surface area contributed by atoms with E-state index in [-0.39, 0.29) is 0 Å². The molecule has 0 saturated heterocycles. The van der Waals surface area contributed by atoms with Crippen LogP contribution in [0.5, 0.6) is 0 Å². The molecule has 0 fully saturated rings. The summed E-state index contributed by atoms with van der Waals surface area (Å²) in [5.74, 6) is 1.06. The summed E-state index contributed by atoms with van der Waals surface area (Å²) in [5.41, 5.74) is 0. The number of thiophene rings is 1. The van der Waals surface area contributed by atoms with E-state index >= 15 is 0 Å². The molecule has 0 aliphatic rings. The minimum atomic E-state index is 1.06. The number of hydrogen-bond acceptors (Lipinski definition) is 2. The summed E-state index contributed by atoms with van der Waals surface area (Å²) >= 11 is 6.12. The molecule has 1 aromatic heterocycles. The van der Waals surface area contributed by atoms with Crippen LogP contribution in [0.3, 0.4) is 0 Å². The molecule has 1 heterocycles. The molecule has 2 heteroatoms. The average molecular weight is 271 g/mol. The highest BCUT2D eigenvalue weighted by molar-refractivity contribution is 7.80. The van der Waals surface area contributed by atoms with Crippen LogP contribution in [0.4, 0.5) is 0 Å². The van der Waals surface area contributed by atoms with Crippen molar-refractivity contribution in [3.63, 3.8) is 0 Å². The zero-order valence-electron chi connectivity index (χ0n) is 10.9. The monoisotopic (exact) mass is 270 g/mol. The first kappa shape index (κ1) is 15.1. The van der Waals surface area contributed by atoms with Crippen molar-refractivity contribution >= 4 is 24.0 Å². The molecular formula is C15H26S2. The number of aryl methyl sites for hydroxylation is 1. The van der Waals surface area contributed by atoms with Crippen LogP contribution in [0.15, 0.2) is 17.5 Å². The average Bonchev–Trinajstić information content (AvgIpc) is 2.85. The molecule has 17 heavy (non-hydrogen) atoms. The minimum absolute atomic E-state index is 1.06. The lowest BCUT2D eigenvalue weighted by Crippen LogP contribution is -1.84. The highest BCUT2D eigenvalue weighted by atomic mass is 32.1. The molecule has 0 aliphatic heterocycles. The van der Waals surface area contributed by atoms with Gasteiger partial charge in [0.05, 0.1) is 0 Å². The van der Waals surface area contributed by atoms with E-state index < -0.39 is 0 Å². The smallest absolute Gasteiger partial charge is 0.00452 e. The first-order valence-electron chi connectivity index (χ1n) is 7.06. The fourth-order valence-corrected chi connectivity index (χ4v) is 3.08. The lowest BCUT2D eigenvalue weighted by molar-refractivity contribution is 0.566. The van der Waals surface area contributed by atoms with E-state index in [2.05, 4.69) is 30.1 Å². The van der Waals surface area contributed by atoms with E-state index in [1.807, 2.05) is 11.3 Å². The largest absolute Gasteiger partial charge is 0.179 e. The Kier molecular flexibility index (Phi) is 9.92. The Balaban J connectivity index is 1.76. The topological polar surface area (TPSA) is 0 Å². The summed E-state index contributed by atoms with van der Waals surface area (Å²) in [6.07, 6.45) is 13.9. The van der Waals surface area contributed by atoms with Gasteiger partial charge in [0.1, 0.15) is 0 Å². The van der Waals surface area contributed by atoms with E-state index in [0.717, 1.165) is 5.75 Å². The van der Waals surface area contributed by atoms with Gasteiger partial charge in [-0.3, -0.25) is 0 Å². The quantitative estimate of drug-likeness (QED) is 0.385. The van der Waals surface area contributed by atoms with Crippen LogP contribution in [0.2, 0.25) is 0 Å². The maximum absolute atomic E-state index is 4.23. The summed E-state index contributed by atoms with van der Waals surface area (Å²) in [7, 11) is 0. The normalized spacial score (nSPS) is 10.9. The Bertz CT molecular complexity index is 241. The molecule has 1 aromatic rings. The summed E-state index contributed by atoms with van der Waals surface area (Å²) in [6, 6.07) is 4.41. The van der Waals surface area contributed by atoms with Gasteiger partial charge in [-0.05, 0) is 36.5 Å². The molecule has 0 saturated carbocycles. The van der Waals surface area contributed by atoms with Crippen molar-refractivity contribution in [3.05, 3.63) is 22.4 Å². The zero-order chi connectivity index (χ0) is 12.2. The highest BCUT2D eigenvalue weighted by Crippen LogP contribution is 2.14. The Morgan fingerprint density at radius 3 is 1.94 bits per heavy atom. The predicted molar refractivity (Wildman–Crippen MR) is 83.4 cm³/mol. The lowest BCUT2D eigenvalue weighted by Gasteiger charge is -2.01. The van der Waals surface area contributed by atoms with Gasteiger partial charge in [0.2, 0.25) is 0 Å². The fraction of sp³-hybridized carbons (Fsp3) is 0.733. The van der Waals surface area contributed by atoms with Crippen LogP contribution >= 0.6 is 24.0 Å². The van der Waals surface area contributed by atoms with Crippen LogP contribution in [-0.2, 0) is 6.42 Å². The van der Waals surface area contributed by atoms with E-state index in [4.69, 9.17) is 0 Å². The SMILES string of the molecule is SCCCCCCCCCCCc1cccs1. The number of rotatable bonds is 11. The first-order chi connectivity index (χ1) is 8.43. The molecule has 1 rings (SSSR count). The summed E-state index contributed by atoms with van der Waals surface area (Å²) < 4.78 is 0. The summed E-state index contributed by atoms with van der Waals surface area (Å²) in [6.45, 7) is 0. The second-order valence-electron chi connectivity index (χ2n) is 4.73. The first-order valence-corrected chi connectivity index (χ1v) is 8.58. The van der Waals surface area contributed by atoms with Crippen LogP contribution in [0.1, 0.15) is 62.7 Å². The zero-order valence-corrected chi connectivity index (χ0v) is 12.6. The van der Waals surface area contributed by atoms with Crippen molar-refractivity contribution in [2.45, 2.75) is 64.2 Å². The minimum Gasteiger partial charge on any atom is -0.179 e. The molecule has 98 valence electrons. The molecule has 0 unspecified atom stereocenters. The van der Waals surface area contributed by atoms with E-state index in [1.165, 1.54) is 64.2 Å². The van der Waals surface area contributed by atoms with Gasteiger partial charge in [0.25, 0.3) is 0 Å². The maximum atomic E-state index is 4.23. The van der Waals surface area contributed by atoms with E-state index in [9.17, 15) is 0 Å². The second-order valence-corrected chi connectivity index (χ2v) is 6.21. The molecule has 0 N–H and O–H groups in total. The fourth-order valence-electron chi connectivity index (χ4n) is 2.10. The van der Waals surface area contributed by atoms with Crippen molar-refractivity contribution in [2.24, 2.45) is 0 Å². The standard InChI is InChI=1S/C15H26S2/c16-13-9-7-5-3-1-2-4-6-8-11-15-12-10-14-17-15/h10,12,14,16H,1-9,11,13H2. The lowest BCUT2D eigenvalue weighted by atomic mass is 10.1. The van der Waals surface area contributed by atoms with Gasteiger partial charge in [-0.1, -0.05) is 51.0 Å². The number of hydrogen-bond donors (Lipinski definition) is 1. The van der Waals surface area contributed by atoms with E-state index in [1.54, 1.807) is 4.88 Å². The summed E-state index contributed by atoms with van der Waals surface area (Å²) in [4.78, 5) is 1.55. The van der Waals surface area contributed by atoms with Gasteiger partial charge >= 0.3 is 0 Å². The third-order valence-electron chi connectivity index (χ3n) is 3.16. The third kappa shape index (κ3) is 8.73. The Morgan fingerprint density at radius 2 is 1.41 bits per heavy atom. The Morgan fingerprint density at radius 1 is 0.824 bits per heavy atom. The number of unbranched alkanes of at least 4 members (excludes halogenated alkanes) is 8. The molecule has 0 spiro atoms. The predicted octanol–water partition coefficient (Wildman–Crippen LogP) is 5.73. The molecule has 0 aromatic carbocycles. The number of thiol groups is 1. The molecule has 0 nitrogen and oxygen atoms in total. The van der Waals surface area contributed by atoms with Crippen molar-refractivity contribution < 1.29 is 0 Å². The van der Waals surface area contributed by atoms with Crippen LogP contribution in [-0.4, -0.2) is 5.75 Å². The molecular weight excluding hydrogens is 244 g/mol. The molecule has 0 amide bonds. The highest BCUT2D eigenvalue weighted by Gasteiger charge is 1.95. The second kappa shape index (κ2) is 11.2. The molecule has 0 bridgehead atoms. The molecule has 0 atom stereocenters. The Hall–Kier alpha value is 0.0500. The van der Waals surface area contributed by atoms with Crippen molar-refractivity contribution in [1.29, 1.82) is 0 Å². The van der Waals surface area contributed by atoms with Gasteiger partial charge in [-0.2, -0.15) is 12.6 Å². The van der Waals surface area contributed by atoms with Crippen molar-refractivity contribution in [2.75, 3.05) is 5.75 Å². The van der Waals surface area contributed by atoms with E-state index in [0.29, 0.717) is 0 Å².